The number of thioether (sulfide) groups is 1. The van der Waals surface area contributed by atoms with Gasteiger partial charge >= 0.3 is 20.4 Å². The Hall–Kier alpha value is -2.15. The summed E-state index contributed by atoms with van der Waals surface area (Å²) in [6, 6.07) is 47.6. The van der Waals surface area contributed by atoms with Crippen molar-refractivity contribution in [3.63, 3.8) is 0 Å². The molecule has 0 amide bonds. The molecule has 0 radical (unpaired) electrons. The van der Waals surface area contributed by atoms with Gasteiger partial charge in [-0.1, -0.05) is 132 Å². The quantitative estimate of drug-likeness (QED) is 0.106. The Kier molecular flexibility index (Phi) is 13.3. The second-order valence-corrected chi connectivity index (χ2v) is 19.5. The van der Waals surface area contributed by atoms with Crippen molar-refractivity contribution >= 4 is 45.7 Å². The third kappa shape index (κ3) is 8.18. The van der Waals surface area contributed by atoms with Gasteiger partial charge in [0.2, 0.25) is 0 Å². The molecule has 0 saturated carbocycles. The molecule has 7 rings (SSSR count). The van der Waals surface area contributed by atoms with Crippen molar-refractivity contribution in [2.45, 2.75) is 42.2 Å². The maximum absolute atomic E-state index is 8.49. The SMILES string of the molecule is CC1=C(C)[C@@H]2C(c3ccccc3)(c3ccccc3)S[C@H]1[P@@]2(=S)c1ccccc1.C[C@@H](c1[c-]ccc2ccccc12)N(C)C.[O-][Cl+3]([O-])([O-])[O-].[Pd+2]. The van der Waals surface area contributed by atoms with Gasteiger partial charge in [-0.2, -0.15) is 18.2 Å². The van der Waals surface area contributed by atoms with E-state index >= 15 is 0 Å². The van der Waals surface area contributed by atoms with Crippen LogP contribution in [0, 0.1) is 16.3 Å². The van der Waals surface area contributed by atoms with Crippen LogP contribution in [-0.4, -0.2) is 29.6 Å². The topological polar surface area (TPSA) is 95.5 Å². The molecule has 2 aliphatic rings. The summed E-state index contributed by atoms with van der Waals surface area (Å²) in [5, 5.41) is 3.98. The number of halogens is 1. The fourth-order valence-electron chi connectivity index (χ4n) is 6.83. The zero-order valence-electron chi connectivity index (χ0n) is 27.9. The van der Waals surface area contributed by atoms with Crippen LogP contribution in [0.5, 0.6) is 0 Å². The van der Waals surface area contributed by atoms with E-state index in [0.717, 1.165) is 0 Å². The van der Waals surface area contributed by atoms with E-state index in [2.05, 4.69) is 179 Å². The fourth-order valence-corrected chi connectivity index (χ4v) is 17.2. The smallest absolute Gasteiger partial charge is 0.305 e. The minimum absolute atomic E-state index is 0. The van der Waals surface area contributed by atoms with Crippen LogP contribution in [0.15, 0.2) is 139 Å². The predicted octanol–water partition coefficient (Wildman–Crippen LogP) is 5.03. The zero-order chi connectivity index (χ0) is 34.7. The monoisotopic (exact) mass is 821 g/mol. The summed E-state index contributed by atoms with van der Waals surface area (Å²) in [6.45, 7) is 6.86. The van der Waals surface area contributed by atoms with Crippen molar-refractivity contribution in [3.05, 3.63) is 161 Å². The third-order valence-electron chi connectivity index (χ3n) is 9.33. The summed E-state index contributed by atoms with van der Waals surface area (Å²) >= 11 is 8.81. The van der Waals surface area contributed by atoms with Gasteiger partial charge < -0.3 is 4.90 Å². The standard InChI is InChI=1S/C25H23PS2.C14H16N.ClHO4.Pd/c1-18-19(2)24-26(27,22-16-10-5-11-17-22)23(18)25(28-24,20-12-6-3-7-13-20)21-14-8-4-9-15-21;1-11(15(2)3)13-10-6-8-12-7-4-5-9-14(12)13;2-1(3,4)5;/h3-17,23-24H,1-2H3;4-9,11H,1-3H3;(H,2,3,4,5);/q;-1;;+2/p-1/t23-,24-,26-;11-;;/m10../s1. The summed E-state index contributed by atoms with van der Waals surface area (Å²) in [5.74, 6) is 0. The van der Waals surface area contributed by atoms with Crippen LogP contribution in [0.2, 0.25) is 0 Å². The molecular weight excluding hydrogens is 783 g/mol. The van der Waals surface area contributed by atoms with Gasteiger partial charge in [0.1, 0.15) is 0 Å². The van der Waals surface area contributed by atoms with Crippen molar-refractivity contribution in [2.24, 2.45) is 0 Å². The maximum atomic E-state index is 8.49. The van der Waals surface area contributed by atoms with Crippen molar-refractivity contribution in [3.8, 4) is 0 Å². The Balaban J connectivity index is 0.000000217. The first kappa shape index (κ1) is 39.6. The minimum atomic E-state index is -4.94. The first-order valence-corrected chi connectivity index (χ1v) is 20.6. The Morgan fingerprint density at radius 1 is 0.755 bits per heavy atom. The van der Waals surface area contributed by atoms with Crippen molar-refractivity contribution in [1.82, 2.24) is 4.90 Å². The van der Waals surface area contributed by atoms with E-state index in [0.29, 0.717) is 16.7 Å². The molecule has 0 aliphatic carbocycles. The Morgan fingerprint density at radius 3 is 1.73 bits per heavy atom. The van der Waals surface area contributed by atoms with Gasteiger partial charge in [-0.3, -0.25) is 0 Å². The van der Waals surface area contributed by atoms with Crippen LogP contribution < -0.4 is 23.9 Å². The molecule has 5 aromatic rings. The van der Waals surface area contributed by atoms with Crippen LogP contribution in [0.4, 0.5) is 0 Å². The molecular formula is C39H39ClNO4PPdS2. The van der Waals surface area contributed by atoms with E-state index in [1.165, 1.54) is 43.9 Å². The number of allylic oxidation sites excluding steroid dienone is 1. The molecule has 258 valence electrons. The molecule has 2 aliphatic heterocycles. The average molecular weight is 823 g/mol. The minimum Gasteiger partial charge on any atom is -0.305 e. The zero-order valence-corrected chi connectivity index (χ0v) is 32.7. The molecule has 0 aromatic heterocycles. The first-order chi connectivity index (χ1) is 22.8. The number of fused-ring (bicyclic) bond motifs is 3. The van der Waals surface area contributed by atoms with Crippen molar-refractivity contribution in [2.75, 3.05) is 14.1 Å². The average Bonchev–Trinajstić information content (AvgIpc) is 3.48. The number of benzene rings is 5. The van der Waals surface area contributed by atoms with Crippen LogP contribution >= 0.6 is 17.8 Å². The normalized spacial score (nSPS) is 21.3. The number of hydrogen-bond acceptors (Lipinski definition) is 7. The van der Waals surface area contributed by atoms with E-state index in [9.17, 15) is 0 Å². The predicted molar refractivity (Wildman–Crippen MR) is 192 cm³/mol. The van der Waals surface area contributed by atoms with E-state index < -0.39 is 16.3 Å². The molecule has 49 heavy (non-hydrogen) atoms. The van der Waals surface area contributed by atoms with Crippen LogP contribution in [-0.2, 0) is 37.0 Å². The molecule has 5 aromatic carbocycles. The Bertz CT molecular complexity index is 1870. The number of rotatable bonds is 5. The van der Waals surface area contributed by atoms with Gasteiger partial charge in [0, 0.05) is 17.7 Å². The van der Waals surface area contributed by atoms with Crippen molar-refractivity contribution < 1.29 is 49.3 Å². The molecule has 4 atom stereocenters. The Labute approximate surface area is 315 Å². The van der Waals surface area contributed by atoms with E-state index in [1.54, 1.807) is 0 Å². The summed E-state index contributed by atoms with van der Waals surface area (Å²) in [5.41, 5.74) is 7.44. The summed E-state index contributed by atoms with van der Waals surface area (Å²) in [7, 11) is -0.749. The largest absolute Gasteiger partial charge is 2.00 e. The third-order valence-corrected chi connectivity index (χ3v) is 18.5. The van der Waals surface area contributed by atoms with Gasteiger partial charge in [-0.25, -0.2) is 18.6 Å². The van der Waals surface area contributed by atoms with Crippen LogP contribution in [0.3, 0.4) is 0 Å². The van der Waals surface area contributed by atoms with Gasteiger partial charge in [0.05, 0.1) is 9.74 Å². The fraction of sp³-hybridized carbons (Fsp3) is 0.231. The first-order valence-electron chi connectivity index (χ1n) is 15.6. The van der Waals surface area contributed by atoms with Gasteiger partial charge in [0.25, 0.3) is 0 Å². The molecule has 1 fully saturated rings. The van der Waals surface area contributed by atoms with E-state index in [-0.39, 0.29) is 25.2 Å². The van der Waals surface area contributed by atoms with E-state index in [4.69, 9.17) is 30.4 Å². The van der Waals surface area contributed by atoms with Gasteiger partial charge in [-0.05, 0) is 51.3 Å². The van der Waals surface area contributed by atoms with Crippen LogP contribution in [0.1, 0.15) is 43.5 Å². The summed E-state index contributed by atoms with van der Waals surface area (Å²) in [4.78, 5) is 2.62. The molecule has 0 N–H and O–H groups in total. The molecule has 2 bridgehead atoms. The number of hydrogen-bond donors (Lipinski definition) is 0. The summed E-state index contributed by atoms with van der Waals surface area (Å²) < 4.78 is 33.9. The van der Waals surface area contributed by atoms with Crippen LogP contribution in [0.25, 0.3) is 10.8 Å². The molecule has 2 heterocycles. The van der Waals surface area contributed by atoms with Gasteiger partial charge in [-0.15, -0.1) is 44.4 Å². The van der Waals surface area contributed by atoms with Crippen molar-refractivity contribution in [1.29, 1.82) is 0 Å². The number of nitrogens with zero attached hydrogens (tertiary/aromatic N) is 1. The molecule has 0 unspecified atom stereocenters. The Morgan fingerprint density at radius 2 is 1.22 bits per heavy atom. The molecule has 5 nitrogen and oxygen atoms in total. The van der Waals surface area contributed by atoms with E-state index in [1.807, 2.05) is 6.07 Å². The summed E-state index contributed by atoms with van der Waals surface area (Å²) in [6.07, 6.45) is 0. The second-order valence-electron chi connectivity index (χ2n) is 12.2. The molecule has 1 saturated heterocycles. The second kappa shape index (κ2) is 16.5. The molecule has 10 heteroatoms. The maximum Gasteiger partial charge on any atom is 2.00 e. The molecule has 0 spiro atoms. The van der Waals surface area contributed by atoms with Gasteiger partial charge in [0.15, 0.2) is 0 Å².